The van der Waals surface area contributed by atoms with Gasteiger partial charge >= 0.3 is 5.63 Å². The van der Waals surface area contributed by atoms with Crippen LogP contribution in [0.2, 0.25) is 0 Å². The van der Waals surface area contributed by atoms with Crippen molar-refractivity contribution < 1.29 is 19.1 Å². The lowest BCUT2D eigenvalue weighted by atomic mass is 9.93. The number of nitrogens with zero attached hydrogens (tertiary/aromatic N) is 1. The van der Waals surface area contributed by atoms with Crippen LogP contribution in [0, 0.1) is 5.92 Å². The van der Waals surface area contributed by atoms with E-state index in [-0.39, 0.29) is 23.9 Å². The number of hydrogen-bond donors (Lipinski definition) is 1. The summed E-state index contributed by atoms with van der Waals surface area (Å²) in [5.41, 5.74) is 4.01. The van der Waals surface area contributed by atoms with Crippen LogP contribution < -0.4 is 5.63 Å². The third-order valence-electron chi connectivity index (χ3n) is 5.87. The molecule has 6 heteroatoms. The maximum atomic E-state index is 12.8. The van der Waals surface area contributed by atoms with Crippen molar-refractivity contribution in [2.24, 2.45) is 5.92 Å². The number of carboxylic acid groups (broad SMARTS) is 1. The molecule has 190 valence electrons. The third kappa shape index (κ3) is 8.39. The van der Waals surface area contributed by atoms with Gasteiger partial charge in [-0.15, -0.1) is 0 Å². The normalized spacial score (nSPS) is 14.7. The fraction of sp³-hybridized carbons (Fsp3) is 0.414. The smallest absolute Gasteiger partial charge is 0.336 e. The van der Waals surface area contributed by atoms with E-state index in [0.29, 0.717) is 12.0 Å². The van der Waals surface area contributed by atoms with Crippen molar-refractivity contribution in [3.63, 3.8) is 0 Å². The van der Waals surface area contributed by atoms with Crippen molar-refractivity contribution in [3.05, 3.63) is 76.2 Å². The Kier molecular flexibility index (Phi) is 13.1. The Labute approximate surface area is 208 Å². The molecule has 0 radical (unpaired) electrons. The second kappa shape index (κ2) is 15.5. The molecule has 1 atom stereocenters. The average molecular weight is 482 g/mol. The predicted octanol–water partition coefficient (Wildman–Crippen LogP) is 6.25. The number of allylic oxidation sites excluding steroid dienone is 5. The van der Waals surface area contributed by atoms with Gasteiger partial charge in [-0.3, -0.25) is 9.59 Å². The first-order valence-electron chi connectivity index (χ1n) is 12.3. The van der Waals surface area contributed by atoms with Crippen LogP contribution in [0.15, 0.2) is 63.9 Å². The summed E-state index contributed by atoms with van der Waals surface area (Å²) < 4.78 is 5.52. The molecule has 1 N–H and O–H groups in total. The standard InChI is InChI=1S/C26H31NO3.C2H6.CH2O2/c1-5-10-21(18(3)6-2)23-17-25(28)30-24-16-20(11-12-22(23)24)15-19(4)26(29)27-13-8-7-9-14-27;1-2;2-1-3/h5-6,10-12,16-17,19H,1,7-9,13-15H2,2-4H3;1-2H3;1H,(H,2,3)/b18-6-,21-10+;;. The van der Waals surface area contributed by atoms with E-state index in [2.05, 4.69) is 6.58 Å². The molecule has 6 nitrogen and oxygen atoms in total. The van der Waals surface area contributed by atoms with Crippen LogP contribution in [-0.4, -0.2) is 35.5 Å². The van der Waals surface area contributed by atoms with E-state index in [1.807, 2.05) is 69.9 Å². The second-order valence-corrected chi connectivity index (χ2v) is 8.19. The fourth-order valence-corrected chi connectivity index (χ4v) is 4.13. The summed E-state index contributed by atoms with van der Waals surface area (Å²) in [6, 6.07) is 7.45. The van der Waals surface area contributed by atoms with Crippen LogP contribution in [0.1, 0.15) is 65.0 Å². The summed E-state index contributed by atoms with van der Waals surface area (Å²) in [5, 5.41) is 7.77. The number of carbonyl (C=O) groups is 2. The molecular weight excluding hydrogens is 442 g/mol. The highest BCUT2D eigenvalue weighted by Gasteiger charge is 2.22. The lowest BCUT2D eigenvalue weighted by Gasteiger charge is -2.29. The first-order chi connectivity index (χ1) is 16.9. The van der Waals surface area contributed by atoms with Gasteiger partial charge in [-0.2, -0.15) is 0 Å². The summed E-state index contributed by atoms with van der Waals surface area (Å²) in [7, 11) is 0. The summed E-state index contributed by atoms with van der Waals surface area (Å²) >= 11 is 0. The van der Waals surface area contributed by atoms with Gasteiger partial charge in [0.25, 0.3) is 6.47 Å². The predicted molar refractivity (Wildman–Crippen MR) is 143 cm³/mol. The molecule has 2 heterocycles. The summed E-state index contributed by atoms with van der Waals surface area (Å²) in [6.07, 6.45) is 9.67. The van der Waals surface area contributed by atoms with Crippen LogP contribution in [-0.2, 0) is 16.0 Å². The van der Waals surface area contributed by atoms with E-state index in [1.54, 1.807) is 6.08 Å². The molecule has 1 saturated heterocycles. The number of carbonyl (C=O) groups excluding carboxylic acids is 1. The molecule has 1 aliphatic rings. The van der Waals surface area contributed by atoms with Crippen LogP contribution in [0.3, 0.4) is 0 Å². The summed E-state index contributed by atoms with van der Waals surface area (Å²) in [4.78, 5) is 35.4. The minimum absolute atomic E-state index is 0.100. The van der Waals surface area contributed by atoms with Gasteiger partial charge in [-0.1, -0.05) is 57.7 Å². The molecule has 1 unspecified atom stereocenters. The lowest BCUT2D eigenvalue weighted by Crippen LogP contribution is -2.39. The fourth-order valence-electron chi connectivity index (χ4n) is 4.13. The third-order valence-corrected chi connectivity index (χ3v) is 5.87. The number of likely N-dealkylation sites (tertiary alicyclic amines) is 1. The van der Waals surface area contributed by atoms with E-state index in [9.17, 15) is 9.59 Å². The molecule has 2 aromatic rings. The molecule has 1 fully saturated rings. The molecule has 0 saturated carbocycles. The first kappa shape index (κ1) is 29.6. The topological polar surface area (TPSA) is 87.8 Å². The number of piperidine rings is 1. The monoisotopic (exact) mass is 481 g/mol. The Hall–Kier alpha value is -3.41. The van der Waals surface area contributed by atoms with Crippen molar-refractivity contribution in [2.45, 2.75) is 60.3 Å². The molecule has 0 bridgehead atoms. The van der Waals surface area contributed by atoms with Gasteiger partial charge in [0.05, 0.1) is 0 Å². The van der Waals surface area contributed by atoms with Crippen LogP contribution in [0.5, 0.6) is 0 Å². The van der Waals surface area contributed by atoms with Gasteiger partial charge < -0.3 is 14.4 Å². The van der Waals surface area contributed by atoms with Gasteiger partial charge in [0.2, 0.25) is 5.91 Å². The number of amides is 1. The number of benzene rings is 1. The number of hydrogen-bond acceptors (Lipinski definition) is 4. The minimum Gasteiger partial charge on any atom is -0.483 e. The van der Waals surface area contributed by atoms with Crippen molar-refractivity contribution in [1.29, 1.82) is 0 Å². The Morgan fingerprint density at radius 2 is 1.83 bits per heavy atom. The van der Waals surface area contributed by atoms with E-state index in [0.717, 1.165) is 53.6 Å². The Morgan fingerprint density at radius 1 is 1.20 bits per heavy atom. The minimum atomic E-state index is -0.383. The van der Waals surface area contributed by atoms with Crippen LogP contribution >= 0.6 is 0 Å². The summed E-state index contributed by atoms with van der Waals surface area (Å²) in [5.74, 6) is 0.113. The van der Waals surface area contributed by atoms with Gasteiger partial charge in [-0.05, 0) is 62.3 Å². The van der Waals surface area contributed by atoms with Crippen molar-refractivity contribution in [1.82, 2.24) is 4.90 Å². The van der Waals surface area contributed by atoms with Gasteiger partial charge in [0, 0.05) is 36.0 Å². The molecule has 1 amide bonds. The average Bonchev–Trinajstić information content (AvgIpc) is 2.88. The number of fused-ring (bicyclic) bond motifs is 1. The molecule has 35 heavy (non-hydrogen) atoms. The molecular formula is C29H39NO5. The molecule has 3 rings (SSSR count). The van der Waals surface area contributed by atoms with Gasteiger partial charge in [-0.25, -0.2) is 4.79 Å². The van der Waals surface area contributed by atoms with E-state index in [1.165, 1.54) is 12.5 Å². The van der Waals surface area contributed by atoms with Crippen LogP contribution in [0.4, 0.5) is 0 Å². The largest absolute Gasteiger partial charge is 0.483 e. The number of rotatable bonds is 6. The molecule has 0 aliphatic carbocycles. The Bertz CT molecular complexity index is 1100. The van der Waals surface area contributed by atoms with Crippen molar-refractivity contribution >= 4 is 28.9 Å². The van der Waals surface area contributed by atoms with Crippen molar-refractivity contribution in [2.75, 3.05) is 13.1 Å². The zero-order valence-corrected chi connectivity index (χ0v) is 21.7. The quantitative estimate of drug-likeness (QED) is 0.299. The van der Waals surface area contributed by atoms with E-state index in [4.69, 9.17) is 14.3 Å². The van der Waals surface area contributed by atoms with Gasteiger partial charge in [0.1, 0.15) is 5.58 Å². The molecule has 1 aromatic heterocycles. The first-order valence-corrected chi connectivity index (χ1v) is 12.3. The maximum absolute atomic E-state index is 12.8. The molecule has 1 aliphatic heterocycles. The van der Waals surface area contributed by atoms with Crippen molar-refractivity contribution in [3.8, 4) is 0 Å². The SMILES string of the molecule is C=C/C=C(\C(C)=C/C)c1cc(=O)oc2cc(CC(C)C(=O)N3CCCCC3)ccc12.CC.O=CO. The summed E-state index contributed by atoms with van der Waals surface area (Å²) in [6.45, 7) is 15.2. The highest BCUT2D eigenvalue weighted by molar-refractivity contribution is 5.95. The zero-order chi connectivity index (χ0) is 26.4. The van der Waals surface area contributed by atoms with Gasteiger partial charge in [0.15, 0.2) is 0 Å². The lowest BCUT2D eigenvalue weighted by molar-refractivity contribution is -0.135. The second-order valence-electron chi connectivity index (χ2n) is 8.19. The van der Waals surface area contributed by atoms with Crippen LogP contribution in [0.25, 0.3) is 16.5 Å². The highest BCUT2D eigenvalue weighted by Crippen LogP contribution is 2.30. The Morgan fingerprint density at radius 3 is 2.40 bits per heavy atom. The zero-order valence-electron chi connectivity index (χ0n) is 21.7. The maximum Gasteiger partial charge on any atom is 0.336 e. The molecule has 0 spiro atoms. The molecule has 1 aromatic carbocycles. The highest BCUT2D eigenvalue weighted by atomic mass is 16.4. The van der Waals surface area contributed by atoms with E-state index >= 15 is 0 Å². The Balaban J connectivity index is 0.00000114. The van der Waals surface area contributed by atoms with E-state index < -0.39 is 0 Å².